The van der Waals surface area contributed by atoms with E-state index < -0.39 is 42.5 Å². The van der Waals surface area contributed by atoms with E-state index >= 15 is 0 Å². The molecule has 1 saturated carbocycles. The number of aryl methyl sites for hydroxylation is 1. The second kappa shape index (κ2) is 8.20. The molecule has 1 unspecified atom stereocenters. The number of benzene rings is 1. The van der Waals surface area contributed by atoms with E-state index in [1.165, 1.54) is 12.8 Å². The third-order valence-corrected chi connectivity index (χ3v) is 6.30. The molecule has 2 N–H and O–H groups in total. The molecule has 9 heteroatoms. The number of imide groups is 1. The van der Waals surface area contributed by atoms with E-state index in [0.29, 0.717) is 5.69 Å². The lowest BCUT2D eigenvalue weighted by atomic mass is 9.96. The van der Waals surface area contributed by atoms with Gasteiger partial charge < -0.3 is 20.3 Å². The maximum absolute atomic E-state index is 12.5. The van der Waals surface area contributed by atoms with Crippen molar-refractivity contribution in [3.8, 4) is 0 Å². The number of carbonyl (C=O) groups is 4. The van der Waals surface area contributed by atoms with Gasteiger partial charge in [0.2, 0.25) is 0 Å². The summed E-state index contributed by atoms with van der Waals surface area (Å²) in [4.78, 5) is 52.2. The van der Waals surface area contributed by atoms with Gasteiger partial charge >= 0.3 is 12.0 Å². The van der Waals surface area contributed by atoms with Crippen molar-refractivity contribution in [2.45, 2.75) is 45.1 Å². The van der Waals surface area contributed by atoms with Crippen molar-refractivity contribution in [3.63, 3.8) is 0 Å². The molecule has 2 aliphatic heterocycles. The molecule has 0 spiro atoms. The molecule has 0 aromatic heterocycles. The Kier molecular flexibility index (Phi) is 5.60. The highest BCUT2D eigenvalue weighted by Gasteiger charge is 2.56. The predicted octanol–water partition coefficient (Wildman–Crippen LogP) is 1.80. The van der Waals surface area contributed by atoms with Crippen LogP contribution in [0, 0.1) is 12.8 Å². The van der Waals surface area contributed by atoms with Gasteiger partial charge in [0.05, 0.1) is 0 Å². The maximum atomic E-state index is 12.5. The first kappa shape index (κ1) is 21.1. The first-order valence-electron chi connectivity index (χ1n) is 10.7. The minimum Gasteiger partial charge on any atom is -0.454 e. The fourth-order valence-corrected chi connectivity index (χ4v) is 4.26. The van der Waals surface area contributed by atoms with Crippen molar-refractivity contribution in [3.05, 3.63) is 23.8 Å². The first-order chi connectivity index (χ1) is 14.8. The van der Waals surface area contributed by atoms with Gasteiger partial charge in [-0.05, 0) is 69.2 Å². The van der Waals surface area contributed by atoms with E-state index in [1.807, 2.05) is 25.1 Å². The van der Waals surface area contributed by atoms with Crippen LogP contribution >= 0.6 is 0 Å². The summed E-state index contributed by atoms with van der Waals surface area (Å²) in [5.74, 6) is -1.60. The van der Waals surface area contributed by atoms with Crippen molar-refractivity contribution in [1.29, 1.82) is 0 Å². The van der Waals surface area contributed by atoms with Crippen LogP contribution in [0.25, 0.3) is 0 Å². The number of nitrogens with one attached hydrogen (secondary N) is 2. The van der Waals surface area contributed by atoms with Crippen molar-refractivity contribution in [2.75, 3.05) is 36.5 Å². The molecular weight excluding hydrogens is 400 g/mol. The third-order valence-electron chi connectivity index (χ3n) is 6.30. The van der Waals surface area contributed by atoms with Crippen LogP contribution in [0.3, 0.4) is 0 Å². The predicted molar refractivity (Wildman–Crippen MR) is 114 cm³/mol. The molecule has 4 amide bonds. The Morgan fingerprint density at radius 3 is 2.58 bits per heavy atom. The average molecular weight is 428 g/mol. The zero-order valence-corrected chi connectivity index (χ0v) is 17.9. The number of urea groups is 1. The largest absolute Gasteiger partial charge is 0.454 e. The molecule has 31 heavy (non-hydrogen) atoms. The highest BCUT2D eigenvalue weighted by atomic mass is 16.5. The molecule has 166 valence electrons. The molecule has 4 rings (SSSR count). The summed E-state index contributed by atoms with van der Waals surface area (Å²) in [6.07, 6.45) is 4.12. The second-order valence-electron chi connectivity index (χ2n) is 8.70. The van der Waals surface area contributed by atoms with Crippen LogP contribution in [-0.2, 0) is 19.1 Å². The lowest BCUT2D eigenvalue weighted by Gasteiger charge is -2.20. The lowest BCUT2D eigenvalue weighted by molar-refractivity contribution is -0.150. The standard InChI is InChI=1S/C22H28N4O5/c1-14-11-16(25-9-3-4-10-25)7-8-17(14)23-18(27)13-31-19(28)12-26-20(29)22(2,15-5-6-15)24-21(26)30/h7-8,11,15H,3-6,9-10,12-13H2,1-2H3,(H,23,27)(H,24,30). The first-order valence-corrected chi connectivity index (χ1v) is 10.7. The van der Waals surface area contributed by atoms with Gasteiger partial charge in [-0.15, -0.1) is 0 Å². The monoisotopic (exact) mass is 428 g/mol. The number of anilines is 2. The number of carbonyl (C=O) groups excluding carboxylic acids is 4. The van der Waals surface area contributed by atoms with Gasteiger partial charge in [0, 0.05) is 24.5 Å². The fraction of sp³-hybridized carbons (Fsp3) is 0.545. The van der Waals surface area contributed by atoms with Crippen LogP contribution in [-0.4, -0.2) is 60.5 Å². The molecule has 2 heterocycles. The van der Waals surface area contributed by atoms with Crippen LogP contribution in [0.15, 0.2) is 18.2 Å². The minimum absolute atomic E-state index is 0.107. The molecule has 3 fully saturated rings. The van der Waals surface area contributed by atoms with E-state index in [9.17, 15) is 19.2 Å². The molecular formula is C22H28N4O5. The highest BCUT2D eigenvalue weighted by Crippen LogP contribution is 2.42. The molecule has 9 nitrogen and oxygen atoms in total. The van der Waals surface area contributed by atoms with Crippen molar-refractivity contribution in [2.24, 2.45) is 5.92 Å². The van der Waals surface area contributed by atoms with E-state index in [-0.39, 0.29) is 5.92 Å². The maximum Gasteiger partial charge on any atom is 0.326 e. The Balaban J connectivity index is 1.26. The molecule has 0 radical (unpaired) electrons. The molecule has 1 aliphatic carbocycles. The molecule has 1 atom stereocenters. The second-order valence-corrected chi connectivity index (χ2v) is 8.70. The quantitative estimate of drug-likeness (QED) is 0.506. The fourth-order valence-electron chi connectivity index (χ4n) is 4.26. The van der Waals surface area contributed by atoms with Crippen LogP contribution in [0.1, 0.15) is 38.2 Å². The SMILES string of the molecule is Cc1cc(N2CCCC2)ccc1NC(=O)COC(=O)CN1C(=O)NC(C)(C2CC2)C1=O. The normalized spacial score (nSPS) is 23.2. The lowest BCUT2D eigenvalue weighted by Crippen LogP contribution is -2.46. The molecule has 2 saturated heterocycles. The summed E-state index contributed by atoms with van der Waals surface area (Å²) in [7, 11) is 0. The Bertz CT molecular complexity index is 922. The van der Waals surface area contributed by atoms with Crippen molar-refractivity contribution < 1.29 is 23.9 Å². The van der Waals surface area contributed by atoms with Gasteiger partial charge in [-0.25, -0.2) is 4.79 Å². The number of ether oxygens (including phenoxy) is 1. The molecule has 0 bridgehead atoms. The Hall–Kier alpha value is -3.10. The Labute approximate surface area is 181 Å². The van der Waals surface area contributed by atoms with Crippen LogP contribution < -0.4 is 15.5 Å². The van der Waals surface area contributed by atoms with Crippen molar-refractivity contribution in [1.82, 2.24) is 10.2 Å². The van der Waals surface area contributed by atoms with Crippen LogP contribution in [0.5, 0.6) is 0 Å². The molecule has 3 aliphatic rings. The van der Waals surface area contributed by atoms with E-state index in [1.54, 1.807) is 6.92 Å². The number of amides is 4. The van der Waals surface area contributed by atoms with Gasteiger partial charge in [-0.2, -0.15) is 0 Å². The van der Waals surface area contributed by atoms with Gasteiger partial charge in [0.15, 0.2) is 6.61 Å². The molecule has 1 aromatic carbocycles. The summed E-state index contributed by atoms with van der Waals surface area (Å²) in [6.45, 7) is 4.67. The zero-order chi connectivity index (χ0) is 22.2. The third kappa shape index (κ3) is 4.35. The Morgan fingerprint density at radius 2 is 1.94 bits per heavy atom. The average Bonchev–Trinajstić information content (AvgIpc) is 3.41. The summed E-state index contributed by atoms with van der Waals surface area (Å²) < 4.78 is 4.99. The number of hydrogen-bond acceptors (Lipinski definition) is 6. The zero-order valence-electron chi connectivity index (χ0n) is 17.9. The minimum atomic E-state index is -0.951. The van der Waals surface area contributed by atoms with Gasteiger partial charge in [-0.1, -0.05) is 0 Å². The number of rotatable bonds is 7. The van der Waals surface area contributed by atoms with E-state index in [0.717, 1.165) is 42.1 Å². The smallest absolute Gasteiger partial charge is 0.326 e. The van der Waals surface area contributed by atoms with Crippen LogP contribution in [0.2, 0.25) is 0 Å². The van der Waals surface area contributed by atoms with Gasteiger partial charge in [0.1, 0.15) is 12.1 Å². The summed E-state index contributed by atoms with van der Waals surface area (Å²) in [5.41, 5.74) is 1.75. The van der Waals surface area contributed by atoms with Gasteiger partial charge in [0.25, 0.3) is 11.8 Å². The van der Waals surface area contributed by atoms with E-state index in [4.69, 9.17) is 4.74 Å². The van der Waals surface area contributed by atoms with Crippen molar-refractivity contribution >= 4 is 35.2 Å². The van der Waals surface area contributed by atoms with Gasteiger partial charge in [-0.3, -0.25) is 19.3 Å². The summed E-state index contributed by atoms with van der Waals surface area (Å²) in [5, 5.41) is 5.41. The summed E-state index contributed by atoms with van der Waals surface area (Å²) >= 11 is 0. The highest BCUT2D eigenvalue weighted by molar-refractivity contribution is 6.09. The summed E-state index contributed by atoms with van der Waals surface area (Å²) in [6, 6.07) is 5.24. The number of hydrogen-bond donors (Lipinski definition) is 2. The number of nitrogens with zero attached hydrogens (tertiary/aromatic N) is 2. The van der Waals surface area contributed by atoms with E-state index in [2.05, 4.69) is 15.5 Å². The topological polar surface area (TPSA) is 108 Å². The molecule has 1 aromatic rings. The Morgan fingerprint density at radius 1 is 1.23 bits per heavy atom. The van der Waals surface area contributed by atoms with Crippen LogP contribution in [0.4, 0.5) is 16.2 Å². The number of esters is 1.